The molecule has 15 heteroatoms. The van der Waals surface area contributed by atoms with Crippen LogP contribution >= 0.6 is 0 Å². The minimum Gasteiger partial charge on any atom is -0.467 e. The van der Waals surface area contributed by atoms with Crippen molar-refractivity contribution in [1.29, 1.82) is 0 Å². The second-order valence-electron chi connectivity index (χ2n) is 8.73. The third kappa shape index (κ3) is 4.71. The second kappa shape index (κ2) is 10.8. The zero-order valence-corrected chi connectivity index (χ0v) is 20.8. The van der Waals surface area contributed by atoms with E-state index in [1.807, 2.05) is 0 Å². The SMILES string of the molecule is COC(=O)C(C)n1cnc2c1c(=O)n(CCOC(=O)c1ccc[n+]([C@@H]3O[C@H](CO)[C@@H](O)[C@H]3O)c1)c(=O)n2C. The normalized spacial score (nSPS) is 21.9. The van der Waals surface area contributed by atoms with E-state index >= 15 is 0 Å². The zero-order chi connectivity index (χ0) is 27.7. The number of methoxy groups -OCH3 is 1. The monoisotopic (exact) mass is 534 g/mol. The Morgan fingerprint density at radius 1 is 1.26 bits per heavy atom. The van der Waals surface area contributed by atoms with Crippen LogP contribution < -0.4 is 15.8 Å². The van der Waals surface area contributed by atoms with Gasteiger partial charge in [-0.05, 0) is 13.0 Å². The van der Waals surface area contributed by atoms with E-state index in [9.17, 15) is 34.5 Å². The molecule has 0 bridgehead atoms. The second-order valence-corrected chi connectivity index (χ2v) is 8.73. The number of rotatable bonds is 8. The van der Waals surface area contributed by atoms with Crippen LogP contribution in [0.2, 0.25) is 0 Å². The van der Waals surface area contributed by atoms with Gasteiger partial charge in [0.05, 0.1) is 26.6 Å². The molecule has 1 saturated heterocycles. The highest BCUT2D eigenvalue weighted by atomic mass is 16.6. The molecule has 4 rings (SSSR count). The summed E-state index contributed by atoms with van der Waals surface area (Å²) in [4.78, 5) is 54.7. The van der Waals surface area contributed by atoms with Gasteiger partial charge in [0.25, 0.3) is 11.8 Å². The lowest BCUT2D eigenvalue weighted by molar-refractivity contribution is -0.765. The van der Waals surface area contributed by atoms with Crippen molar-refractivity contribution < 1.29 is 43.7 Å². The van der Waals surface area contributed by atoms with Gasteiger partial charge in [0.1, 0.15) is 30.4 Å². The van der Waals surface area contributed by atoms with Crippen molar-refractivity contribution in [2.75, 3.05) is 20.3 Å². The van der Waals surface area contributed by atoms with Gasteiger partial charge >= 0.3 is 17.6 Å². The maximum atomic E-state index is 13.2. The minimum absolute atomic E-state index is 0.0129. The van der Waals surface area contributed by atoms with E-state index < -0.39 is 60.4 Å². The number of carbonyl (C=O) groups excluding carboxylic acids is 2. The molecule has 3 N–H and O–H groups in total. The fourth-order valence-corrected chi connectivity index (χ4v) is 4.28. The van der Waals surface area contributed by atoms with Crippen molar-refractivity contribution in [3.8, 4) is 0 Å². The van der Waals surface area contributed by atoms with E-state index in [2.05, 4.69) is 4.98 Å². The van der Waals surface area contributed by atoms with Crippen molar-refractivity contribution in [1.82, 2.24) is 18.7 Å². The van der Waals surface area contributed by atoms with E-state index in [4.69, 9.17) is 14.2 Å². The first-order chi connectivity index (χ1) is 18.1. The molecule has 0 amide bonds. The van der Waals surface area contributed by atoms with Crippen LogP contribution in [0, 0.1) is 0 Å². The smallest absolute Gasteiger partial charge is 0.344 e. The largest absolute Gasteiger partial charge is 0.467 e. The number of ether oxygens (including phenoxy) is 3. The molecule has 204 valence electrons. The van der Waals surface area contributed by atoms with Crippen LogP contribution in [-0.4, -0.2) is 84.6 Å². The topological polar surface area (TPSA) is 188 Å². The number of imidazole rings is 1. The zero-order valence-electron chi connectivity index (χ0n) is 20.8. The fourth-order valence-electron chi connectivity index (χ4n) is 4.28. The van der Waals surface area contributed by atoms with E-state index in [0.717, 1.165) is 9.13 Å². The first-order valence-corrected chi connectivity index (χ1v) is 11.6. The summed E-state index contributed by atoms with van der Waals surface area (Å²) in [5.74, 6) is -1.38. The predicted molar refractivity (Wildman–Crippen MR) is 126 cm³/mol. The number of hydrogen-bond acceptors (Lipinski definition) is 11. The highest BCUT2D eigenvalue weighted by Gasteiger charge is 2.48. The summed E-state index contributed by atoms with van der Waals surface area (Å²) < 4.78 is 20.2. The standard InChI is InChI=1S/C23H28N5O10/c1-12(21(33)36-3)28-11-24-18-15(28)19(32)27(23(35)25(18)2)7-8-37-22(34)13-5-4-6-26(9-13)20-17(31)16(30)14(10-29)38-20/h4-6,9,11-12,14,16-17,20,29-31H,7-8,10H2,1-3H3/q+1/t12?,14-,16-,17-,20-/m1/s1. The van der Waals surface area contributed by atoms with Gasteiger partial charge in [0.2, 0.25) is 0 Å². The molecule has 3 aromatic heterocycles. The predicted octanol–water partition coefficient (Wildman–Crippen LogP) is -2.61. The molecule has 1 aliphatic heterocycles. The van der Waals surface area contributed by atoms with Crippen LogP contribution in [0.3, 0.4) is 0 Å². The molecule has 0 spiro atoms. The summed E-state index contributed by atoms with van der Waals surface area (Å²) in [6.07, 6.45) is -0.547. The first kappa shape index (κ1) is 27.1. The Kier molecular flexibility index (Phi) is 7.73. The number of esters is 2. The van der Waals surface area contributed by atoms with E-state index in [1.54, 1.807) is 0 Å². The highest BCUT2D eigenvalue weighted by Crippen LogP contribution is 2.25. The third-order valence-electron chi connectivity index (χ3n) is 6.43. The van der Waals surface area contributed by atoms with E-state index in [0.29, 0.717) is 0 Å². The Morgan fingerprint density at radius 3 is 2.66 bits per heavy atom. The van der Waals surface area contributed by atoms with Gasteiger partial charge < -0.3 is 34.1 Å². The number of nitrogens with zero attached hydrogens (tertiary/aromatic N) is 5. The summed E-state index contributed by atoms with van der Waals surface area (Å²) in [7, 11) is 2.64. The van der Waals surface area contributed by atoms with Gasteiger partial charge in [-0.2, -0.15) is 4.57 Å². The Bertz CT molecular complexity index is 1480. The number of aliphatic hydroxyl groups is 3. The van der Waals surface area contributed by atoms with Crippen molar-refractivity contribution in [2.45, 2.75) is 44.1 Å². The molecule has 0 aromatic carbocycles. The third-order valence-corrected chi connectivity index (χ3v) is 6.43. The lowest BCUT2D eigenvalue weighted by Gasteiger charge is -2.13. The number of aryl methyl sites for hydroxylation is 1. The van der Waals surface area contributed by atoms with Gasteiger partial charge in [-0.15, -0.1) is 0 Å². The molecule has 4 heterocycles. The van der Waals surface area contributed by atoms with Gasteiger partial charge in [-0.25, -0.2) is 19.4 Å². The van der Waals surface area contributed by atoms with E-state index in [-0.39, 0.29) is 29.9 Å². The molecule has 0 radical (unpaired) electrons. The quantitative estimate of drug-likeness (QED) is 0.203. The molecular formula is C23H28N5O10+. The number of hydrogen-bond donors (Lipinski definition) is 3. The maximum absolute atomic E-state index is 13.2. The van der Waals surface area contributed by atoms with E-state index in [1.165, 1.54) is 61.1 Å². The summed E-state index contributed by atoms with van der Waals surface area (Å²) in [6.45, 7) is 0.426. The molecule has 0 aliphatic carbocycles. The summed E-state index contributed by atoms with van der Waals surface area (Å²) in [6, 6.07) is 2.08. The Hall–Kier alpha value is -3.92. The van der Waals surface area contributed by atoms with Crippen LogP contribution in [0.15, 0.2) is 40.4 Å². The fraction of sp³-hybridized carbons (Fsp3) is 0.478. The van der Waals surface area contributed by atoms with Crippen molar-refractivity contribution in [2.24, 2.45) is 7.05 Å². The number of fused-ring (bicyclic) bond motifs is 1. The van der Waals surface area contributed by atoms with Gasteiger partial charge in [0, 0.05) is 13.1 Å². The summed E-state index contributed by atoms with van der Waals surface area (Å²) in [5.41, 5.74) is -1.22. The maximum Gasteiger partial charge on any atom is 0.344 e. The summed E-state index contributed by atoms with van der Waals surface area (Å²) >= 11 is 0. The first-order valence-electron chi connectivity index (χ1n) is 11.6. The van der Waals surface area contributed by atoms with Crippen LogP contribution in [0.5, 0.6) is 0 Å². The Balaban J connectivity index is 1.52. The number of pyridine rings is 1. The number of aromatic nitrogens is 5. The minimum atomic E-state index is -1.34. The van der Waals surface area contributed by atoms with Crippen molar-refractivity contribution >= 4 is 23.1 Å². The molecule has 5 atom stereocenters. The molecule has 0 saturated carbocycles. The van der Waals surface area contributed by atoms with Gasteiger partial charge in [-0.1, -0.05) is 0 Å². The molecule has 1 aliphatic rings. The van der Waals surface area contributed by atoms with Crippen LogP contribution in [0.1, 0.15) is 29.6 Å². The van der Waals surface area contributed by atoms with Crippen molar-refractivity contribution in [3.05, 3.63) is 57.3 Å². The average Bonchev–Trinajstić information content (AvgIpc) is 3.50. The molecule has 1 fully saturated rings. The van der Waals surface area contributed by atoms with Crippen LogP contribution in [0.4, 0.5) is 0 Å². The Labute approximate surface area is 214 Å². The summed E-state index contributed by atoms with van der Waals surface area (Å²) in [5, 5.41) is 29.5. The van der Waals surface area contributed by atoms with Gasteiger partial charge in [-0.3, -0.25) is 13.9 Å². The molecule has 38 heavy (non-hydrogen) atoms. The molecule has 3 aromatic rings. The molecule has 15 nitrogen and oxygen atoms in total. The molecular weight excluding hydrogens is 506 g/mol. The van der Waals surface area contributed by atoms with Crippen LogP contribution in [0.25, 0.3) is 11.2 Å². The number of carbonyl (C=O) groups is 2. The van der Waals surface area contributed by atoms with Crippen LogP contribution in [-0.2, 0) is 32.6 Å². The highest BCUT2D eigenvalue weighted by molar-refractivity contribution is 5.88. The Morgan fingerprint density at radius 2 is 2.00 bits per heavy atom. The van der Waals surface area contributed by atoms with Gasteiger partial charge in [0.15, 0.2) is 29.7 Å². The average molecular weight is 535 g/mol. The lowest BCUT2D eigenvalue weighted by atomic mass is 10.1. The lowest BCUT2D eigenvalue weighted by Crippen LogP contribution is -2.46. The number of aliphatic hydroxyl groups excluding tert-OH is 3. The molecule has 1 unspecified atom stereocenters. The van der Waals surface area contributed by atoms with Crippen molar-refractivity contribution in [3.63, 3.8) is 0 Å².